The van der Waals surface area contributed by atoms with Gasteiger partial charge in [0.25, 0.3) is 0 Å². The van der Waals surface area contributed by atoms with Crippen LogP contribution in [0.25, 0.3) is 0 Å². The summed E-state index contributed by atoms with van der Waals surface area (Å²) in [7, 11) is 0. The van der Waals surface area contributed by atoms with Crippen LogP contribution in [0.5, 0.6) is 0 Å². The molecule has 0 saturated carbocycles. The topological polar surface area (TPSA) is 26.0 Å². The minimum Gasteiger partial charge on any atom is -0.330 e. The molecule has 50 valence electrons. The summed E-state index contributed by atoms with van der Waals surface area (Å²) in [5.74, 6) is 0. The Morgan fingerprint density at radius 1 is 1.38 bits per heavy atom. The second-order valence-corrected chi connectivity index (χ2v) is 0.769. The van der Waals surface area contributed by atoms with E-state index in [1.807, 2.05) is 0 Å². The third-order valence-corrected chi connectivity index (χ3v) is 0.322. The standard InChI is InChI=1S/C7H17N/c1-2-3-4-5-6-7-8/h2-8H2,1H3/i1D3,2D2,3D2,4D2,5D2,6D2,7D2. The lowest BCUT2D eigenvalue weighted by Crippen LogP contribution is -1.97. The fourth-order valence-electron chi connectivity index (χ4n) is 0.130. The van der Waals surface area contributed by atoms with Gasteiger partial charge in [0.1, 0.15) is 0 Å². The monoisotopic (exact) mass is 130 g/mol. The highest BCUT2D eigenvalue weighted by atomic mass is 14.5. The van der Waals surface area contributed by atoms with Crippen molar-refractivity contribution in [1.82, 2.24) is 0 Å². The average molecular weight is 130 g/mol. The highest BCUT2D eigenvalue weighted by molar-refractivity contribution is 4.41. The van der Waals surface area contributed by atoms with Crippen LogP contribution in [-0.2, 0) is 0 Å². The lowest BCUT2D eigenvalue weighted by atomic mass is 10.2. The highest BCUT2D eigenvalue weighted by Gasteiger charge is 1.83. The minimum absolute atomic E-state index is 3.45. The molecule has 2 N–H and O–H groups in total. The Hall–Kier alpha value is -0.0400. The summed E-state index contributed by atoms with van der Waals surface area (Å²) in [6.45, 7) is -7.14. The first-order valence-corrected chi connectivity index (χ1v) is 1.79. The fourth-order valence-corrected chi connectivity index (χ4v) is 0.130. The molecule has 1 nitrogen and oxygen atoms in total. The maximum Gasteiger partial charge on any atom is 0.0425 e. The lowest BCUT2D eigenvalue weighted by Gasteiger charge is -1.93. The van der Waals surface area contributed by atoms with E-state index in [9.17, 15) is 0 Å². The summed E-state index contributed by atoms with van der Waals surface area (Å²) in [5, 5.41) is 0. The summed E-state index contributed by atoms with van der Waals surface area (Å²) < 4.78 is 110. The van der Waals surface area contributed by atoms with Gasteiger partial charge in [-0.1, -0.05) is 32.3 Å². The van der Waals surface area contributed by atoms with Crippen molar-refractivity contribution in [3.8, 4) is 0 Å². The van der Waals surface area contributed by atoms with Gasteiger partial charge in [-0.3, -0.25) is 0 Å². The van der Waals surface area contributed by atoms with Crippen molar-refractivity contribution in [3.05, 3.63) is 0 Å². The largest absolute Gasteiger partial charge is 0.330 e. The van der Waals surface area contributed by atoms with Crippen molar-refractivity contribution in [1.29, 1.82) is 0 Å². The number of nitrogens with two attached hydrogens (primary N) is 1. The van der Waals surface area contributed by atoms with Gasteiger partial charge < -0.3 is 5.73 Å². The molecular weight excluding hydrogens is 98.1 g/mol. The van der Waals surface area contributed by atoms with Crippen molar-refractivity contribution in [3.63, 3.8) is 0 Å². The SMILES string of the molecule is [2H]C([2H])([2H])C([2H])([2H])C([2H])([2H])C([2H])([2H])C([2H])([2H])C([2H])([2H])C([2H])([2H])N. The Bertz CT molecular complexity index is 400. The summed E-state index contributed by atoms with van der Waals surface area (Å²) in [6.07, 6.45) is -19.8. The van der Waals surface area contributed by atoms with Crippen molar-refractivity contribution in [2.45, 2.75) is 38.7 Å². The van der Waals surface area contributed by atoms with E-state index >= 15 is 0 Å². The molecule has 8 heavy (non-hydrogen) atoms. The second-order valence-electron chi connectivity index (χ2n) is 0.769. The first kappa shape index (κ1) is 0.800. The molecule has 0 fully saturated rings. The van der Waals surface area contributed by atoms with Crippen LogP contribution in [0.2, 0.25) is 0 Å². The van der Waals surface area contributed by atoms with Gasteiger partial charge in [0.15, 0.2) is 0 Å². The molecule has 0 atom stereocenters. The zero-order valence-electron chi connectivity index (χ0n) is 19.1. The van der Waals surface area contributed by atoms with Crippen molar-refractivity contribution < 1.29 is 20.6 Å². The molecule has 0 aromatic heterocycles. The van der Waals surface area contributed by atoms with E-state index < -0.39 is 45.2 Å². The van der Waals surface area contributed by atoms with Gasteiger partial charge in [-0.2, -0.15) is 0 Å². The third kappa shape index (κ3) is 5.96. The summed E-state index contributed by atoms with van der Waals surface area (Å²) in [6, 6.07) is 0. The summed E-state index contributed by atoms with van der Waals surface area (Å²) in [4.78, 5) is 0. The van der Waals surface area contributed by atoms with Crippen LogP contribution in [0.3, 0.4) is 0 Å². The Balaban J connectivity index is 6.37. The Kier molecular flexibility index (Phi) is 0.696. The Morgan fingerprint density at radius 3 is 2.75 bits per heavy atom. The molecule has 0 aliphatic rings. The van der Waals surface area contributed by atoms with Crippen molar-refractivity contribution >= 4 is 0 Å². The van der Waals surface area contributed by atoms with Crippen molar-refractivity contribution in [2.75, 3.05) is 6.50 Å². The molecule has 0 aromatic rings. The van der Waals surface area contributed by atoms with Crippen LogP contribution >= 0.6 is 0 Å². The number of rotatable bonds is 5. The van der Waals surface area contributed by atoms with E-state index in [2.05, 4.69) is 0 Å². The molecule has 0 aromatic carbocycles. The second kappa shape index (κ2) is 6.96. The maximum absolute atomic E-state index is 7.57. The smallest absolute Gasteiger partial charge is 0.0425 e. The maximum atomic E-state index is 7.57. The van der Waals surface area contributed by atoms with Gasteiger partial charge in [-0.15, -0.1) is 0 Å². The fraction of sp³-hybridized carbons (Fsp3) is 1.00. The normalized spacial score (nSPS) is 49.9. The molecule has 0 amide bonds. The molecule has 0 spiro atoms. The van der Waals surface area contributed by atoms with Gasteiger partial charge in [-0.05, 0) is 12.9 Å². The summed E-state index contributed by atoms with van der Waals surface area (Å²) >= 11 is 0. The first-order chi connectivity index (χ1) is 9.50. The van der Waals surface area contributed by atoms with Crippen LogP contribution in [-0.4, -0.2) is 6.50 Å². The molecule has 0 heterocycles. The zero-order valence-corrected chi connectivity index (χ0v) is 4.08. The molecule has 1 heteroatoms. The van der Waals surface area contributed by atoms with Crippen LogP contribution < -0.4 is 5.73 Å². The predicted molar refractivity (Wildman–Crippen MR) is 37.8 cm³/mol. The van der Waals surface area contributed by atoms with E-state index in [1.165, 1.54) is 0 Å². The molecule has 0 rings (SSSR count). The van der Waals surface area contributed by atoms with Crippen LogP contribution in [0.1, 0.15) is 59.3 Å². The van der Waals surface area contributed by atoms with E-state index in [4.69, 9.17) is 26.3 Å². The van der Waals surface area contributed by atoms with E-state index in [0.29, 0.717) is 0 Å². The number of hydrogen-bond acceptors (Lipinski definition) is 1. The highest BCUT2D eigenvalue weighted by Crippen LogP contribution is 2.00. The predicted octanol–water partition coefficient (Wildman–Crippen LogP) is 1.92. The first-order valence-electron chi connectivity index (χ1n) is 9.29. The van der Waals surface area contributed by atoms with Gasteiger partial charge in [0.2, 0.25) is 0 Å². The molecule has 0 aliphatic carbocycles. The summed E-state index contributed by atoms with van der Waals surface area (Å²) in [5.41, 5.74) is 4.86. The van der Waals surface area contributed by atoms with Crippen LogP contribution in [0, 0.1) is 0 Å². The van der Waals surface area contributed by atoms with E-state index in [-0.39, 0.29) is 0 Å². The quantitative estimate of drug-likeness (QED) is 0.604. The zero-order chi connectivity index (χ0) is 19.5. The number of hydrogen-bond donors (Lipinski definition) is 1. The molecule has 0 bridgehead atoms. The Labute approximate surface area is 73.3 Å². The third-order valence-electron chi connectivity index (χ3n) is 0.322. The van der Waals surface area contributed by atoms with Gasteiger partial charge >= 0.3 is 0 Å². The van der Waals surface area contributed by atoms with E-state index in [0.717, 1.165) is 0 Å². The van der Waals surface area contributed by atoms with Crippen molar-refractivity contribution in [2.24, 2.45) is 5.73 Å². The molecule has 0 saturated heterocycles. The molecule has 0 aliphatic heterocycles. The van der Waals surface area contributed by atoms with Gasteiger partial charge in [-0.25, -0.2) is 0 Å². The Morgan fingerprint density at radius 2 is 2.12 bits per heavy atom. The van der Waals surface area contributed by atoms with Gasteiger partial charge in [0, 0.05) is 20.6 Å². The van der Waals surface area contributed by atoms with Crippen LogP contribution in [0.4, 0.5) is 0 Å². The van der Waals surface area contributed by atoms with Crippen LogP contribution in [0.15, 0.2) is 0 Å². The molecular formula is C7H17N. The molecule has 0 radical (unpaired) electrons. The molecule has 0 unspecified atom stereocenters. The minimum atomic E-state index is -4.09. The lowest BCUT2D eigenvalue weighted by molar-refractivity contribution is 0.638. The average Bonchev–Trinajstić information content (AvgIpc) is 2.24. The van der Waals surface area contributed by atoms with E-state index in [1.54, 1.807) is 0 Å². The van der Waals surface area contributed by atoms with Gasteiger partial charge in [0.05, 0.1) is 0 Å².